The molecule has 2 aliphatic rings. The van der Waals surface area contributed by atoms with Gasteiger partial charge in [-0.2, -0.15) is 0 Å². The van der Waals surface area contributed by atoms with E-state index in [1.807, 2.05) is 6.92 Å². The quantitative estimate of drug-likeness (QED) is 0.849. The Labute approximate surface area is 116 Å². The van der Waals surface area contributed by atoms with Crippen LogP contribution in [0.1, 0.15) is 24.8 Å². The SMILES string of the molecule is CCNc1nnc(CN2CCCC3C(=O)NCC32)s1. The average Bonchev–Trinajstić information content (AvgIpc) is 2.99. The summed E-state index contributed by atoms with van der Waals surface area (Å²) in [5.74, 6) is 0.398. The summed E-state index contributed by atoms with van der Waals surface area (Å²) in [5.41, 5.74) is 0. The molecule has 3 heterocycles. The molecule has 0 aromatic carbocycles. The molecule has 0 spiro atoms. The van der Waals surface area contributed by atoms with Gasteiger partial charge in [0.2, 0.25) is 11.0 Å². The van der Waals surface area contributed by atoms with Crippen LogP contribution < -0.4 is 10.6 Å². The van der Waals surface area contributed by atoms with Crippen molar-refractivity contribution in [3.63, 3.8) is 0 Å². The number of likely N-dealkylation sites (tertiary alicyclic amines) is 1. The van der Waals surface area contributed by atoms with Crippen LogP contribution >= 0.6 is 11.3 Å². The van der Waals surface area contributed by atoms with Gasteiger partial charge in [0.05, 0.1) is 12.5 Å². The first-order valence-electron chi connectivity index (χ1n) is 6.86. The molecule has 7 heteroatoms. The molecule has 0 aliphatic carbocycles. The summed E-state index contributed by atoms with van der Waals surface area (Å²) in [6, 6.07) is 0.340. The fraction of sp³-hybridized carbons (Fsp3) is 0.750. The number of carbonyl (C=O) groups is 1. The van der Waals surface area contributed by atoms with Gasteiger partial charge in [0.15, 0.2) is 0 Å². The fourth-order valence-corrected chi connectivity index (χ4v) is 3.78. The number of hydrogen-bond donors (Lipinski definition) is 2. The highest BCUT2D eigenvalue weighted by Gasteiger charge is 2.40. The fourth-order valence-electron chi connectivity index (χ4n) is 2.95. The van der Waals surface area contributed by atoms with Crippen LogP contribution in [0.15, 0.2) is 0 Å². The minimum absolute atomic E-state index is 0.176. The van der Waals surface area contributed by atoms with Gasteiger partial charge in [-0.1, -0.05) is 11.3 Å². The lowest BCUT2D eigenvalue weighted by atomic mass is 9.91. The molecular formula is C12H19N5OS. The number of aromatic nitrogens is 2. The van der Waals surface area contributed by atoms with Crippen molar-refractivity contribution in [2.45, 2.75) is 32.4 Å². The van der Waals surface area contributed by atoms with Crippen molar-refractivity contribution in [2.24, 2.45) is 5.92 Å². The van der Waals surface area contributed by atoms with E-state index in [1.165, 1.54) is 0 Å². The third kappa shape index (κ3) is 2.57. The smallest absolute Gasteiger partial charge is 0.224 e. The molecule has 1 amide bonds. The van der Waals surface area contributed by atoms with Crippen LogP contribution in [0, 0.1) is 5.92 Å². The summed E-state index contributed by atoms with van der Waals surface area (Å²) in [4.78, 5) is 14.1. The minimum atomic E-state index is 0.176. The Morgan fingerprint density at radius 2 is 2.42 bits per heavy atom. The molecule has 0 bridgehead atoms. The van der Waals surface area contributed by atoms with Crippen LogP contribution in [0.3, 0.4) is 0 Å². The normalized spacial score (nSPS) is 27.1. The first-order chi connectivity index (χ1) is 9.28. The molecule has 0 radical (unpaired) electrons. The van der Waals surface area contributed by atoms with Crippen LogP contribution in [0.4, 0.5) is 5.13 Å². The summed E-state index contributed by atoms with van der Waals surface area (Å²) in [6.45, 7) is 5.54. The van der Waals surface area contributed by atoms with Crippen molar-refractivity contribution in [3.05, 3.63) is 5.01 Å². The summed E-state index contributed by atoms with van der Waals surface area (Å²) in [7, 11) is 0. The standard InChI is InChI=1S/C12H19N5OS/c1-2-13-12-16-15-10(19-12)7-17-5-3-4-8-9(17)6-14-11(8)18/h8-9H,2-7H2,1H3,(H,13,16)(H,14,18). The predicted octanol–water partition coefficient (Wildman–Crippen LogP) is 0.680. The van der Waals surface area contributed by atoms with Gasteiger partial charge in [0.1, 0.15) is 5.01 Å². The molecule has 1 aromatic rings. The van der Waals surface area contributed by atoms with Crippen LogP contribution in [0.2, 0.25) is 0 Å². The first kappa shape index (κ1) is 12.8. The van der Waals surface area contributed by atoms with E-state index < -0.39 is 0 Å². The van der Waals surface area contributed by atoms with Gasteiger partial charge in [0, 0.05) is 19.1 Å². The summed E-state index contributed by atoms with van der Waals surface area (Å²) in [6.07, 6.45) is 2.11. The van der Waals surface area contributed by atoms with Crippen LogP contribution in [0.5, 0.6) is 0 Å². The number of anilines is 1. The molecule has 2 unspecified atom stereocenters. The number of piperidine rings is 1. The maximum atomic E-state index is 11.7. The van der Waals surface area contributed by atoms with Crippen molar-refractivity contribution in [2.75, 3.05) is 25.0 Å². The largest absolute Gasteiger partial charge is 0.360 e. The number of amides is 1. The van der Waals surface area contributed by atoms with Gasteiger partial charge in [-0.15, -0.1) is 10.2 Å². The lowest BCUT2D eigenvalue weighted by Crippen LogP contribution is -2.44. The Kier molecular flexibility index (Phi) is 3.65. The monoisotopic (exact) mass is 281 g/mol. The molecule has 2 saturated heterocycles. The third-order valence-electron chi connectivity index (χ3n) is 3.85. The molecule has 0 saturated carbocycles. The topological polar surface area (TPSA) is 70.2 Å². The zero-order chi connectivity index (χ0) is 13.2. The number of rotatable bonds is 4. The molecule has 2 aliphatic heterocycles. The first-order valence-corrected chi connectivity index (χ1v) is 7.67. The Morgan fingerprint density at radius 1 is 1.53 bits per heavy atom. The number of nitrogens with one attached hydrogen (secondary N) is 2. The van der Waals surface area contributed by atoms with E-state index in [0.29, 0.717) is 6.04 Å². The van der Waals surface area contributed by atoms with Crippen LogP contribution in [0.25, 0.3) is 0 Å². The Balaban J connectivity index is 1.66. The van der Waals surface area contributed by atoms with E-state index in [4.69, 9.17) is 0 Å². The van der Waals surface area contributed by atoms with E-state index in [-0.39, 0.29) is 11.8 Å². The average molecular weight is 281 g/mol. The highest BCUT2D eigenvalue weighted by Crippen LogP contribution is 2.29. The van der Waals surface area contributed by atoms with E-state index >= 15 is 0 Å². The van der Waals surface area contributed by atoms with Gasteiger partial charge in [-0.25, -0.2) is 0 Å². The highest BCUT2D eigenvalue weighted by atomic mass is 32.1. The molecule has 6 nitrogen and oxygen atoms in total. The van der Waals surface area contributed by atoms with Crippen LogP contribution in [-0.2, 0) is 11.3 Å². The molecule has 19 heavy (non-hydrogen) atoms. The zero-order valence-electron chi connectivity index (χ0n) is 11.1. The number of fused-ring (bicyclic) bond motifs is 1. The zero-order valence-corrected chi connectivity index (χ0v) is 11.9. The van der Waals surface area contributed by atoms with E-state index in [9.17, 15) is 4.79 Å². The molecule has 1 aromatic heterocycles. The van der Waals surface area contributed by atoms with Gasteiger partial charge >= 0.3 is 0 Å². The van der Waals surface area contributed by atoms with Gasteiger partial charge in [-0.3, -0.25) is 9.69 Å². The van der Waals surface area contributed by atoms with Crippen molar-refractivity contribution < 1.29 is 4.79 Å². The number of hydrogen-bond acceptors (Lipinski definition) is 6. The summed E-state index contributed by atoms with van der Waals surface area (Å²) < 4.78 is 0. The van der Waals surface area contributed by atoms with Crippen molar-refractivity contribution in [1.29, 1.82) is 0 Å². The third-order valence-corrected chi connectivity index (χ3v) is 4.72. The Bertz CT molecular complexity index is 463. The lowest BCUT2D eigenvalue weighted by molar-refractivity contribution is -0.124. The van der Waals surface area contributed by atoms with Crippen molar-refractivity contribution in [3.8, 4) is 0 Å². The molecule has 2 N–H and O–H groups in total. The number of carbonyl (C=O) groups excluding carboxylic acids is 1. The van der Waals surface area contributed by atoms with Gasteiger partial charge in [0.25, 0.3) is 0 Å². The maximum absolute atomic E-state index is 11.7. The second kappa shape index (κ2) is 5.42. The second-order valence-corrected chi connectivity index (χ2v) is 6.13. The van der Waals surface area contributed by atoms with Gasteiger partial charge in [-0.05, 0) is 26.3 Å². The number of nitrogens with zero attached hydrogens (tertiary/aromatic N) is 3. The lowest BCUT2D eigenvalue weighted by Gasteiger charge is -2.35. The van der Waals surface area contributed by atoms with Crippen LogP contribution in [-0.4, -0.2) is 46.7 Å². The van der Waals surface area contributed by atoms with E-state index in [0.717, 1.165) is 49.2 Å². The van der Waals surface area contributed by atoms with Crippen molar-refractivity contribution in [1.82, 2.24) is 20.4 Å². The summed E-state index contributed by atoms with van der Waals surface area (Å²) >= 11 is 1.61. The Hall–Kier alpha value is -1.21. The molecule has 2 atom stereocenters. The molecular weight excluding hydrogens is 262 g/mol. The van der Waals surface area contributed by atoms with Gasteiger partial charge < -0.3 is 10.6 Å². The van der Waals surface area contributed by atoms with E-state index in [2.05, 4.69) is 25.7 Å². The minimum Gasteiger partial charge on any atom is -0.360 e. The second-order valence-electron chi connectivity index (χ2n) is 5.06. The molecule has 2 fully saturated rings. The van der Waals surface area contributed by atoms with E-state index in [1.54, 1.807) is 11.3 Å². The van der Waals surface area contributed by atoms with Crippen molar-refractivity contribution >= 4 is 22.4 Å². The predicted molar refractivity (Wildman–Crippen MR) is 74.0 cm³/mol. The summed E-state index contributed by atoms with van der Waals surface area (Å²) in [5, 5.41) is 16.4. The molecule has 3 rings (SSSR count). The Morgan fingerprint density at radius 3 is 3.26 bits per heavy atom. The highest BCUT2D eigenvalue weighted by molar-refractivity contribution is 7.15. The maximum Gasteiger partial charge on any atom is 0.224 e. The molecule has 104 valence electrons.